The molecule has 5 nitrogen and oxygen atoms in total. The number of rotatable bonds is 2. The Balaban J connectivity index is 2.56. The fourth-order valence-electron chi connectivity index (χ4n) is 1.74. The molecule has 0 atom stereocenters. The molecular weight excluding hydrogens is 272 g/mol. The highest BCUT2D eigenvalue weighted by molar-refractivity contribution is 5.86. The van der Waals surface area contributed by atoms with E-state index in [9.17, 15) is 18.7 Å². The number of aryl methyl sites for hydroxylation is 1. The Kier molecular flexibility index (Phi) is 3.69. The Labute approximate surface area is 112 Å². The Morgan fingerprint density at radius 3 is 2.65 bits per heavy atom. The lowest BCUT2D eigenvalue weighted by Gasteiger charge is -2.11. The van der Waals surface area contributed by atoms with Crippen LogP contribution in [-0.4, -0.2) is 22.9 Å². The third kappa shape index (κ3) is 2.47. The van der Waals surface area contributed by atoms with Gasteiger partial charge in [0.15, 0.2) is 17.4 Å². The maximum absolute atomic E-state index is 13.2. The lowest BCUT2D eigenvalue weighted by atomic mass is 10.1. The van der Waals surface area contributed by atoms with Crippen LogP contribution in [-0.2, 0) is 4.74 Å². The average molecular weight is 283 g/mol. The van der Waals surface area contributed by atoms with E-state index in [0.717, 1.165) is 12.1 Å². The summed E-state index contributed by atoms with van der Waals surface area (Å²) in [6, 6.07) is 1.77. The smallest absolute Gasteiger partial charge is 0.491 e. The third-order valence-electron chi connectivity index (χ3n) is 2.66. The first-order chi connectivity index (χ1) is 9.43. The van der Waals surface area contributed by atoms with E-state index in [4.69, 9.17) is 4.74 Å². The molecule has 0 saturated carbocycles. The van der Waals surface area contributed by atoms with E-state index < -0.39 is 23.7 Å². The van der Waals surface area contributed by atoms with Gasteiger partial charge < -0.3 is 14.6 Å². The molecule has 1 aromatic heterocycles. The van der Waals surface area contributed by atoms with Gasteiger partial charge in [-0.05, 0) is 19.9 Å². The fraction of sp³-hybridized carbons (Fsp3) is 0.231. The molecule has 2 rings (SSSR count). The predicted octanol–water partition coefficient (Wildman–Crippen LogP) is 3.06. The number of ether oxygens (including phenoxy) is 2. The molecule has 1 aromatic carbocycles. The van der Waals surface area contributed by atoms with E-state index in [0.29, 0.717) is 0 Å². The third-order valence-corrected chi connectivity index (χ3v) is 2.66. The zero-order valence-electron chi connectivity index (χ0n) is 10.7. The Hall–Kier alpha value is -2.44. The molecule has 7 heteroatoms. The van der Waals surface area contributed by atoms with Gasteiger partial charge in [0.05, 0.1) is 12.1 Å². The minimum Gasteiger partial charge on any atom is -0.491 e. The molecule has 0 amide bonds. The van der Waals surface area contributed by atoms with Crippen LogP contribution in [0.3, 0.4) is 0 Å². The number of pyridine rings is 1. The molecule has 0 spiro atoms. The minimum atomic E-state index is -1.08. The van der Waals surface area contributed by atoms with Crippen molar-refractivity contribution in [2.24, 2.45) is 0 Å². The summed E-state index contributed by atoms with van der Waals surface area (Å²) in [4.78, 5) is 14.9. The summed E-state index contributed by atoms with van der Waals surface area (Å²) in [5.74, 6) is -2.99. The molecule has 0 saturated heterocycles. The number of hydrogen-bond acceptors (Lipinski definition) is 5. The fourth-order valence-corrected chi connectivity index (χ4v) is 1.74. The summed E-state index contributed by atoms with van der Waals surface area (Å²) in [7, 11) is 0. The first-order valence-electron chi connectivity index (χ1n) is 5.77. The molecule has 0 bridgehead atoms. The number of carbonyl (C=O) groups excluding carboxylic acids is 1. The van der Waals surface area contributed by atoms with Gasteiger partial charge >= 0.3 is 6.16 Å². The summed E-state index contributed by atoms with van der Waals surface area (Å²) >= 11 is 0. The van der Waals surface area contributed by atoms with Crippen LogP contribution < -0.4 is 4.74 Å². The number of halogens is 2. The number of carbonyl (C=O) groups is 1. The quantitative estimate of drug-likeness (QED) is 0.858. The molecule has 106 valence electrons. The van der Waals surface area contributed by atoms with Crippen molar-refractivity contribution >= 4 is 17.1 Å². The van der Waals surface area contributed by atoms with Crippen LogP contribution in [0.15, 0.2) is 12.1 Å². The molecule has 0 radical (unpaired) electrons. The van der Waals surface area contributed by atoms with Crippen molar-refractivity contribution in [1.29, 1.82) is 0 Å². The summed E-state index contributed by atoms with van der Waals surface area (Å²) in [5.41, 5.74) is 0.301. The normalized spacial score (nSPS) is 10.6. The molecule has 20 heavy (non-hydrogen) atoms. The predicted molar refractivity (Wildman–Crippen MR) is 65.7 cm³/mol. The first-order valence-corrected chi connectivity index (χ1v) is 5.77. The van der Waals surface area contributed by atoms with Gasteiger partial charge in [-0.3, -0.25) is 0 Å². The minimum absolute atomic E-state index is 0.0510. The molecule has 0 aliphatic carbocycles. The maximum atomic E-state index is 13.2. The molecular formula is C13H11F2NO4. The number of aromatic hydroxyl groups is 1. The van der Waals surface area contributed by atoms with Crippen molar-refractivity contribution in [3.8, 4) is 11.6 Å². The maximum Gasteiger partial charge on any atom is 0.514 e. The SMILES string of the molecule is CCOC(=O)Oc1c(O)nc2cc(F)c(F)cc2c1C. The number of fused-ring (bicyclic) bond motifs is 1. The van der Waals surface area contributed by atoms with Crippen LogP contribution in [0, 0.1) is 18.6 Å². The lowest BCUT2D eigenvalue weighted by molar-refractivity contribution is 0.102. The second kappa shape index (κ2) is 5.28. The molecule has 0 aliphatic rings. The molecule has 0 aliphatic heterocycles. The van der Waals surface area contributed by atoms with Crippen molar-refractivity contribution in [3.05, 3.63) is 29.3 Å². The molecule has 1 heterocycles. The van der Waals surface area contributed by atoms with E-state index in [1.165, 1.54) is 6.92 Å². The second-order valence-electron chi connectivity index (χ2n) is 3.96. The van der Waals surface area contributed by atoms with Gasteiger partial charge in [-0.15, -0.1) is 0 Å². The van der Waals surface area contributed by atoms with Gasteiger partial charge in [-0.2, -0.15) is 0 Å². The molecule has 2 aromatic rings. The highest BCUT2D eigenvalue weighted by Gasteiger charge is 2.18. The van der Waals surface area contributed by atoms with Crippen LogP contribution in [0.5, 0.6) is 11.6 Å². The van der Waals surface area contributed by atoms with Crippen LogP contribution in [0.4, 0.5) is 13.6 Å². The standard InChI is InChI=1S/C13H11F2NO4/c1-3-19-13(18)20-11-6(2)7-4-8(14)9(15)5-10(7)16-12(11)17/h4-5H,3H2,1-2H3,(H,16,17). The lowest BCUT2D eigenvalue weighted by Crippen LogP contribution is -2.11. The van der Waals surface area contributed by atoms with Gasteiger partial charge in [-0.25, -0.2) is 18.6 Å². The average Bonchev–Trinajstić information content (AvgIpc) is 2.38. The van der Waals surface area contributed by atoms with Gasteiger partial charge in [0.25, 0.3) is 5.88 Å². The summed E-state index contributed by atoms with van der Waals surface area (Å²) in [5, 5.41) is 9.93. The summed E-state index contributed by atoms with van der Waals surface area (Å²) < 4.78 is 35.7. The highest BCUT2D eigenvalue weighted by atomic mass is 19.2. The van der Waals surface area contributed by atoms with Gasteiger partial charge in [0.2, 0.25) is 0 Å². The molecule has 0 fully saturated rings. The van der Waals surface area contributed by atoms with Crippen molar-refractivity contribution in [1.82, 2.24) is 4.98 Å². The Morgan fingerprint density at radius 2 is 2.00 bits per heavy atom. The summed E-state index contributed by atoms with van der Waals surface area (Å²) in [6.07, 6.45) is -1.02. The number of nitrogens with zero attached hydrogens (tertiary/aromatic N) is 1. The van der Waals surface area contributed by atoms with Gasteiger partial charge in [-0.1, -0.05) is 0 Å². The zero-order chi connectivity index (χ0) is 14.9. The van der Waals surface area contributed by atoms with Crippen LogP contribution in [0.1, 0.15) is 12.5 Å². The zero-order valence-corrected chi connectivity index (χ0v) is 10.7. The largest absolute Gasteiger partial charge is 0.514 e. The van der Waals surface area contributed by atoms with Gasteiger partial charge in [0, 0.05) is 17.0 Å². The Morgan fingerprint density at radius 1 is 1.35 bits per heavy atom. The number of hydrogen-bond donors (Lipinski definition) is 1. The van der Waals surface area contributed by atoms with Gasteiger partial charge in [0.1, 0.15) is 0 Å². The monoisotopic (exact) mass is 283 g/mol. The molecule has 0 unspecified atom stereocenters. The second-order valence-corrected chi connectivity index (χ2v) is 3.96. The van der Waals surface area contributed by atoms with Crippen molar-refractivity contribution in [3.63, 3.8) is 0 Å². The van der Waals surface area contributed by atoms with Crippen molar-refractivity contribution in [2.75, 3.05) is 6.61 Å². The van der Waals surface area contributed by atoms with E-state index in [1.807, 2.05) is 0 Å². The summed E-state index contributed by atoms with van der Waals surface area (Å²) in [6.45, 7) is 3.17. The van der Waals surface area contributed by atoms with E-state index in [1.54, 1.807) is 6.92 Å². The van der Waals surface area contributed by atoms with Crippen LogP contribution in [0.2, 0.25) is 0 Å². The first kappa shape index (κ1) is 14.0. The van der Waals surface area contributed by atoms with Crippen molar-refractivity contribution < 1.29 is 28.2 Å². The number of benzene rings is 1. The highest BCUT2D eigenvalue weighted by Crippen LogP contribution is 2.34. The van der Waals surface area contributed by atoms with E-state index in [2.05, 4.69) is 9.72 Å². The van der Waals surface area contributed by atoms with Crippen LogP contribution >= 0.6 is 0 Å². The Bertz CT molecular complexity index is 688. The van der Waals surface area contributed by atoms with Crippen LogP contribution in [0.25, 0.3) is 10.9 Å². The van der Waals surface area contributed by atoms with E-state index in [-0.39, 0.29) is 28.8 Å². The topological polar surface area (TPSA) is 68.7 Å². The van der Waals surface area contributed by atoms with E-state index >= 15 is 0 Å². The molecule has 1 N–H and O–H groups in total. The van der Waals surface area contributed by atoms with Crippen molar-refractivity contribution in [2.45, 2.75) is 13.8 Å². The number of aromatic nitrogens is 1.